The molecule has 0 radical (unpaired) electrons. The van der Waals surface area contributed by atoms with Crippen LogP contribution in [0.4, 0.5) is 5.82 Å². The summed E-state index contributed by atoms with van der Waals surface area (Å²) in [5.74, 6) is 1.46. The molecular weight excluding hydrogens is 238 g/mol. The Morgan fingerprint density at radius 3 is 2.76 bits per heavy atom. The first-order valence-corrected chi connectivity index (χ1v) is 6.14. The molecule has 0 atom stereocenters. The van der Waals surface area contributed by atoms with Crippen molar-refractivity contribution >= 4 is 23.2 Å². The lowest BCUT2D eigenvalue weighted by Crippen LogP contribution is -2.32. The number of fused-ring (bicyclic) bond motifs is 1. The largest absolute Gasteiger partial charge is 0.356 e. The number of aromatic nitrogens is 4. The van der Waals surface area contributed by atoms with Gasteiger partial charge in [-0.3, -0.25) is 0 Å². The summed E-state index contributed by atoms with van der Waals surface area (Å²) in [4.78, 5) is 10.4. The van der Waals surface area contributed by atoms with Crippen molar-refractivity contribution in [1.82, 2.24) is 19.6 Å². The van der Waals surface area contributed by atoms with Gasteiger partial charge in [0.05, 0.1) is 0 Å². The third-order valence-corrected chi connectivity index (χ3v) is 3.25. The summed E-state index contributed by atoms with van der Waals surface area (Å²) in [7, 11) is 2.05. The van der Waals surface area contributed by atoms with E-state index in [4.69, 9.17) is 11.6 Å². The van der Waals surface area contributed by atoms with Crippen LogP contribution in [0.15, 0.2) is 12.4 Å². The summed E-state index contributed by atoms with van der Waals surface area (Å²) < 4.78 is 1.71. The van der Waals surface area contributed by atoms with Crippen LogP contribution >= 0.6 is 11.6 Å². The zero-order valence-electron chi connectivity index (χ0n) is 10.3. The maximum Gasteiger partial charge on any atom is 0.255 e. The van der Waals surface area contributed by atoms with Gasteiger partial charge in [-0.15, -0.1) is 0 Å². The molecule has 17 heavy (non-hydrogen) atoms. The van der Waals surface area contributed by atoms with Crippen molar-refractivity contribution in [2.75, 3.05) is 11.9 Å². The second-order valence-electron chi connectivity index (χ2n) is 3.99. The Labute approximate surface area is 105 Å². The highest BCUT2D eigenvalue weighted by atomic mass is 35.5. The van der Waals surface area contributed by atoms with Gasteiger partial charge in [-0.1, -0.05) is 25.4 Å². The van der Waals surface area contributed by atoms with Gasteiger partial charge in [-0.2, -0.15) is 19.6 Å². The van der Waals surface area contributed by atoms with Crippen LogP contribution in [0.2, 0.25) is 5.15 Å². The predicted octanol–water partition coefficient (Wildman–Crippen LogP) is 2.40. The summed E-state index contributed by atoms with van der Waals surface area (Å²) in [5.41, 5.74) is 0. The van der Waals surface area contributed by atoms with E-state index in [1.165, 1.54) is 6.33 Å². The van der Waals surface area contributed by atoms with Gasteiger partial charge in [0.25, 0.3) is 5.78 Å². The number of hydrogen-bond acceptors (Lipinski definition) is 4. The third-order valence-electron chi connectivity index (χ3n) is 3.05. The van der Waals surface area contributed by atoms with E-state index in [0.717, 1.165) is 18.7 Å². The minimum absolute atomic E-state index is 0.443. The molecule has 0 aliphatic heterocycles. The molecule has 0 spiro atoms. The van der Waals surface area contributed by atoms with Gasteiger partial charge in [0.15, 0.2) is 0 Å². The number of nitrogens with zero attached hydrogens (tertiary/aromatic N) is 5. The zero-order chi connectivity index (χ0) is 12.4. The molecule has 0 aliphatic carbocycles. The van der Waals surface area contributed by atoms with Crippen LogP contribution in [-0.4, -0.2) is 32.7 Å². The number of halogens is 1. The van der Waals surface area contributed by atoms with Gasteiger partial charge >= 0.3 is 0 Å². The monoisotopic (exact) mass is 253 g/mol. The van der Waals surface area contributed by atoms with Gasteiger partial charge in [0, 0.05) is 19.2 Å². The lowest BCUT2D eigenvalue weighted by molar-refractivity contribution is 0.581. The molecule has 5 nitrogen and oxygen atoms in total. The van der Waals surface area contributed by atoms with Crippen LogP contribution in [0.25, 0.3) is 5.78 Å². The van der Waals surface area contributed by atoms with E-state index in [2.05, 4.69) is 33.8 Å². The van der Waals surface area contributed by atoms with Gasteiger partial charge in [-0.05, 0) is 12.8 Å². The fourth-order valence-corrected chi connectivity index (χ4v) is 2.22. The average Bonchev–Trinajstić information content (AvgIpc) is 2.77. The summed E-state index contributed by atoms with van der Waals surface area (Å²) >= 11 is 6.00. The molecule has 0 amide bonds. The first-order valence-electron chi connectivity index (χ1n) is 5.76. The van der Waals surface area contributed by atoms with E-state index in [1.54, 1.807) is 4.52 Å². The molecule has 0 saturated carbocycles. The minimum Gasteiger partial charge on any atom is -0.356 e. The standard InChI is InChI=1S/C11H16ClN5/c1-4-8(5-2)16(3)10-6-9(12)15-11-13-7-14-17(10)11/h6-8H,4-5H2,1-3H3. The first kappa shape index (κ1) is 12.1. The van der Waals surface area contributed by atoms with E-state index in [0.29, 0.717) is 17.0 Å². The highest BCUT2D eigenvalue weighted by molar-refractivity contribution is 6.29. The van der Waals surface area contributed by atoms with E-state index < -0.39 is 0 Å². The molecule has 92 valence electrons. The van der Waals surface area contributed by atoms with Crippen molar-refractivity contribution in [2.45, 2.75) is 32.7 Å². The smallest absolute Gasteiger partial charge is 0.255 e. The Balaban J connectivity index is 2.49. The Morgan fingerprint density at radius 2 is 2.12 bits per heavy atom. The molecule has 0 aliphatic rings. The van der Waals surface area contributed by atoms with Gasteiger partial charge < -0.3 is 4.90 Å². The quantitative estimate of drug-likeness (QED) is 0.785. The van der Waals surface area contributed by atoms with Crippen LogP contribution in [-0.2, 0) is 0 Å². The molecule has 0 unspecified atom stereocenters. The topological polar surface area (TPSA) is 46.3 Å². The van der Waals surface area contributed by atoms with Crippen molar-refractivity contribution in [2.24, 2.45) is 0 Å². The van der Waals surface area contributed by atoms with Crippen LogP contribution < -0.4 is 4.90 Å². The molecule has 6 heteroatoms. The molecule has 0 aromatic carbocycles. The molecule has 0 N–H and O–H groups in total. The van der Waals surface area contributed by atoms with E-state index in [1.807, 2.05) is 13.1 Å². The second kappa shape index (κ2) is 4.87. The fraction of sp³-hybridized carbons (Fsp3) is 0.545. The second-order valence-corrected chi connectivity index (χ2v) is 4.38. The van der Waals surface area contributed by atoms with Gasteiger partial charge in [-0.25, -0.2) is 0 Å². The normalized spacial score (nSPS) is 11.4. The Kier molecular flexibility index (Phi) is 3.47. The number of rotatable bonds is 4. The third kappa shape index (κ3) is 2.20. The Morgan fingerprint density at radius 1 is 1.41 bits per heavy atom. The molecular formula is C11H16ClN5. The molecule has 0 saturated heterocycles. The lowest BCUT2D eigenvalue weighted by atomic mass is 10.1. The zero-order valence-corrected chi connectivity index (χ0v) is 11.0. The van der Waals surface area contributed by atoms with E-state index in [-0.39, 0.29) is 0 Å². The van der Waals surface area contributed by atoms with Crippen molar-refractivity contribution in [3.63, 3.8) is 0 Å². The molecule has 2 aromatic rings. The minimum atomic E-state index is 0.443. The van der Waals surface area contributed by atoms with Crippen molar-refractivity contribution < 1.29 is 0 Å². The fourth-order valence-electron chi connectivity index (χ4n) is 2.04. The highest BCUT2D eigenvalue weighted by Crippen LogP contribution is 2.21. The molecule has 0 fully saturated rings. The molecule has 2 aromatic heterocycles. The van der Waals surface area contributed by atoms with Crippen molar-refractivity contribution in [1.29, 1.82) is 0 Å². The van der Waals surface area contributed by atoms with Crippen molar-refractivity contribution in [3.05, 3.63) is 17.5 Å². The Bertz CT molecular complexity index is 506. The molecule has 2 heterocycles. The molecule has 2 rings (SSSR count). The van der Waals surface area contributed by atoms with Crippen molar-refractivity contribution in [3.8, 4) is 0 Å². The Hall–Kier alpha value is -1.36. The number of hydrogen-bond donors (Lipinski definition) is 0. The van der Waals surface area contributed by atoms with Gasteiger partial charge in [0.1, 0.15) is 17.3 Å². The average molecular weight is 254 g/mol. The van der Waals surface area contributed by atoms with Crippen LogP contribution in [0, 0.1) is 0 Å². The van der Waals surface area contributed by atoms with E-state index in [9.17, 15) is 0 Å². The van der Waals surface area contributed by atoms with Crippen LogP contribution in [0.5, 0.6) is 0 Å². The lowest BCUT2D eigenvalue weighted by Gasteiger charge is -2.28. The van der Waals surface area contributed by atoms with Crippen LogP contribution in [0.3, 0.4) is 0 Å². The predicted molar refractivity (Wildman–Crippen MR) is 68.6 cm³/mol. The summed E-state index contributed by atoms with van der Waals surface area (Å²) in [5, 5.41) is 4.62. The maximum absolute atomic E-state index is 6.00. The molecule has 0 bridgehead atoms. The summed E-state index contributed by atoms with van der Waals surface area (Å²) in [6, 6.07) is 2.28. The highest BCUT2D eigenvalue weighted by Gasteiger charge is 2.16. The SMILES string of the molecule is CCC(CC)N(C)c1cc(Cl)nc2ncnn12. The van der Waals surface area contributed by atoms with Gasteiger partial charge in [0.2, 0.25) is 0 Å². The van der Waals surface area contributed by atoms with E-state index >= 15 is 0 Å². The van der Waals surface area contributed by atoms with Crippen LogP contribution in [0.1, 0.15) is 26.7 Å². The summed E-state index contributed by atoms with van der Waals surface area (Å²) in [6.45, 7) is 4.35. The first-order chi connectivity index (χ1) is 8.17. The number of anilines is 1. The summed E-state index contributed by atoms with van der Waals surface area (Å²) in [6.07, 6.45) is 3.63. The maximum atomic E-state index is 6.00.